The molecule has 2 aromatic rings. The molecular formula is C21H20F3N3O2. The van der Waals surface area contributed by atoms with Crippen molar-refractivity contribution in [1.82, 2.24) is 4.90 Å². The molecule has 0 saturated carbocycles. The summed E-state index contributed by atoms with van der Waals surface area (Å²) in [6, 6.07) is 10.4. The molecule has 2 amide bonds. The highest BCUT2D eigenvalue weighted by Crippen LogP contribution is 2.30. The average molecular weight is 403 g/mol. The maximum atomic E-state index is 12.9. The molecule has 0 unspecified atom stereocenters. The van der Waals surface area contributed by atoms with E-state index in [1.165, 1.54) is 12.1 Å². The summed E-state index contributed by atoms with van der Waals surface area (Å²) in [6.45, 7) is 2.05. The summed E-state index contributed by atoms with van der Waals surface area (Å²) in [4.78, 5) is 27.9. The summed E-state index contributed by atoms with van der Waals surface area (Å²) in [7, 11) is 0. The normalized spacial score (nSPS) is 17.0. The van der Waals surface area contributed by atoms with Crippen molar-refractivity contribution >= 4 is 23.2 Å². The highest BCUT2D eigenvalue weighted by molar-refractivity contribution is 5.95. The Kier molecular flexibility index (Phi) is 4.94. The van der Waals surface area contributed by atoms with Crippen LogP contribution in [0.25, 0.3) is 0 Å². The number of rotatable bonds is 2. The van der Waals surface area contributed by atoms with Crippen LogP contribution in [-0.4, -0.2) is 42.9 Å². The van der Waals surface area contributed by atoms with Crippen LogP contribution in [0.3, 0.4) is 0 Å². The smallest absolute Gasteiger partial charge is 0.368 e. The first kappa shape index (κ1) is 19.3. The molecular weight excluding hydrogens is 383 g/mol. The minimum Gasteiger partial charge on any atom is -0.368 e. The Morgan fingerprint density at radius 1 is 0.966 bits per heavy atom. The number of halogens is 3. The molecule has 0 radical (unpaired) electrons. The van der Waals surface area contributed by atoms with Gasteiger partial charge in [-0.25, -0.2) is 0 Å². The third-order valence-corrected chi connectivity index (χ3v) is 5.35. The average Bonchev–Trinajstić information content (AvgIpc) is 2.72. The quantitative estimate of drug-likeness (QED) is 0.835. The van der Waals surface area contributed by atoms with Gasteiger partial charge >= 0.3 is 6.18 Å². The molecule has 1 fully saturated rings. The van der Waals surface area contributed by atoms with Crippen LogP contribution in [0, 0.1) is 0 Å². The fourth-order valence-corrected chi connectivity index (χ4v) is 3.75. The molecule has 0 bridgehead atoms. The van der Waals surface area contributed by atoms with Crippen LogP contribution in [-0.2, 0) is 17.4 Å². The summed E-state index contributed by atoms with van der Waals surface area (Å²) < 4.78 is 38.7. The van der Waals surface area contributed by atoms with Crippen molar-refractivity contribution in [3.63, 3.8) is 0 Å². The van der Waals surface area contributed by atoms with Gasteiger partial charge in [0.2, 0.25) is 5.91 Å². The summed E-state index contributed by atoms with van der Waals surface area (Å²) in [5, 5.41) is 2.85. The van der Waals surface area contributed by atoms with Gasteiger partial charge in [-0.3, -0.25) is 9.59 Å². The number of carbonyl (C=O) groups is 2. The highest BCUT2D eigenvalue weighted by atomic mass is 19.4. The number of hydrogen-bond acceptors (Lipinski definition) is 3. The van der Waals surface area contributed by atoms with Gasteiger partial charge in [-0.2, -0.15) is 13.2 Å². The number of fused-ring (bicyclic) bond motifs is 1. The van der Waals surface area contributed by atoms with E-state index in [0.717, 1.165) is 29.1 Å². The number of alkyl halides is 3. The van der Waals surface area contributed by atoms with E-state index in [2.05, 4.69) is 16.3 Å². The molecule has 2 aliphatic heterocycles. The Morgan fingerprint density at radius 2 is 1.72 bits per heavy atom. The van der Waals surface area contributed by atoms with Crippen molar-refractivity contribution in [2.24, 2.45) is 0 Å². The van der Waals surface area contributed by atoms with Gasteiger partial charge in [0, 0.05) is 49.5 Å². The van der Waals surface area contributed by atoms with Crippen LogP contribution >= 0.6 is 0 Å². The van der Waals surface area contributed by atoms with E-state index in [0.29, 0.717) is 39.0 Å². The van der Waals surface area contributed by atoms with Crippen LogP contribution in [0.2, 0.25) is 0 Å². The molecule has 0 atom stereocenters. The zero-order chi connectivity index (χ0) is 20.6. The van der Waals surface area contributed by atoms with Gasteiger partial charge in [0.15, 0.2) is 0 Å². The van der Waals surface area contributed by atoms with E-state index < -0.39 is 11.7 Å². The first-order valence-electron chi connectivity index (χ1n) is 9.45. The molecule has 0 aromatic heterocycles. The molecule has 2 heterocycles. The van der Waals surface area contributed by atoms with Gasteiger partial charge in [-0.15, -0.1) is 0 Å². The molecule has 0 aliphatic carbocycles. The second-order valence-electron chi connectivity index (χ2n) is 7.25. The summed E-state index contributed by atoms with van der Waals surface area (Å²) in [5.41, 5.74) is 2.18. The van der Waals surface area contributed by atoms with Gasteiger partial charge in [0.05, 0.1) is 5.56 Å². The van der Waals surface area contributed by atoms with Crippen LogP contribution < -0.4 is 10.2 Å². The van der Waals surface area contributed by atoms with Crippen molar-refractivity contribution in [2.75, 3.05) is 36.4 Å². The number of nitrogens with one attached hydrogen (secondary N) is 1. The van der Waals surface area contributed by atoms with Crippen LogP contribution in [0.5, 0.6) is 0 Å². The minimum absolute atomic E-state index is 0.0203. The number of aryl methyl sites for hydroxylation is 1. The Morgan fingerprint density at radius 3 is 2.45 bits per heavy atom. The molecule has 2 aliphatic rings. The third kappa shape index (κ3) is 4.06. The van der Waals surface area contributed by atoms with Gasteiger partial charge in [-0.05, 0) is 48.4 Å². The topological polar surface area (TPSA) is 52.7 Å². The molecule has 2 aromatic carbocycles. The maximum Gasteiger partial charge on any atom is 0.416 e. The number of carbonyl (C=O) groups excluding carboxylic acids is 2. The Bertz CT molecular complexity index is 950. The van der Waals surface area contributed by atoms with E-state index in [-0.39, 0.29) is 17.4 Å². The lowest BCUT2D eigenvalue weighted by Gasteiger charge is -2.36. The Labute approximate surface area is 166 Å². The molecule has 152 valence electrons. The Balaban J connectivity index is 1.42. The molecule has 29 heavy (non-hydrogen) atoms. The number of hydrogen-bond donors (Lipinski definition) is 1. The lowest BCUT2D eigenvalue weighted by molar-refractivity contribution is -0.137. The lowest BCUT2D eigenvalue weighted by atomic mass is 10.0. The molecule has 4 rings (SSSR count). The van der Waals surface area contributed by atoms with Crippen LogP contribution in [0.4, 0.5) is 24.5 Å². The monoisotopic (exact) mass is 403 g/mol. The predicted octanol–water partition coefficient (Wildman–Crippen LogP) is 3.55. The predicted molar refractivity (Wildman–Crippen MR) is 103 cm³/mol. The van der Waals surface area contributed by atoms with Gasteiger partial charge in [-0.1, -0.05) is 6.07 Å². The van der Waals surface area contributed by atoms with Crippen molar-refractivity contribution < 1.29 is 22.8 Å². The maximum absolute atomic E-state index is 12.9. The summed E-state index contributed by atoms with van der Waals surface area (Å²) in [5.74, 6) is -0.365. The third-order valence-electron chi connectivity index (χ3n) is 5.35. The Hall–Kier alpha value is -3.03. The number of nitrogens with zero attached hydrogens (tertiary/aromatic N) is 2. The van der Waals surface area contributed by atoms with E-state index in [1.54, 1.807) is 4.90 Å². The van der Waals surface area contributed by atoms with E-state index >= 15 is 0 Å². The van der Waals surface area contributed by atoms with Crippen LogP contribution in [0.15, 0.2) is 42.5 Å². The molecule has 1 saturated heterocycles. The fraction of sp³-hybridized carbons (Fsp3) is 0.333. The number of amides is 2. The fourth-order valence-electron chi connectivity index (χ4n) is 3.75. The largest absolute Gasteiger partial charge is 0.416 e. The number of benzene rings is 2. The highest BCUT2D eigenvalue weighted by Gasteiger charge is 2.31. The van der Waals surface area contributed by atoms with Crippen molar-refractivity contribution in [2.45, 2.75) is 19.0 Å². The summed E-state index contributed by atoms with van der Waals surface area (Å²) in [6.07, 6.45) is -3.31. The minimum atomic E-state index is -4.47. The molecule has 0 spiro atoms. The van der Waals surface area contributed by atoms with Crippen molar-refractivity contribution in [3.05, 3.63) is 59.2 Å². The molecule has 5 nitrogen and oxygen atoms in total. The zero-order valence-corrected chi connectivity index (χ0v) is 15.6. The van der Waals surface area contributed by atoms with Gasteiger partial charge in [0.1, 0.15) is 0 Å². The van der Waals surface area contributed by atoms with Crippen molar-refractivity contribution in [3.8, 4) is 0 Å². The summed E-state index contributed by atoms with van der Waals surface area (Å²) >= 11 is 0. The van der Waals surface area contributed by atoms with E-state index in [9.17, 15) is 22.8 Å². The second-order valence-corrected chi connectivity index (χ2v) is 7.25. The standard InChI is InChI=1S/C21H20F3N3O2/c22-21(23,24)16-3-1-2-15(12-16)20(29)27-10-8-26(9-11-27)17-5-6-18-14(13-17)4-7-19(28)25-18/h1-3,5-6,12-13H,4,7-11H2,(H,25,28). The van der Waals surface area contributed by atoms with E-state index in [4.69, 9.17) is 0 Å². The zero-order valence-electron chi connectivity index (χ0n) is 15.6. The SMILES string of the molecule is O=C1CCc2cc(N3CCN(C(=O)c4cccc(C(F)(F)F)c4)CC3)ccc2N1. The second kappa shape index (κ2) is 7.42. The number of piperazine rings is 1. The molecule has 1 N–H and O–H groups in total. The first-order chi connectivity index (χ1) is 13.8. The number of anilines is 2. The van der Waals surface area contributed by atoms with Crippen LogP contribution in [0.1, 0.15) is 27.9 Å². The molecule has 8 heteroatoms. The first-order valence-corrected chi connectivity index (χ1v) is 9.45. The van der Waals surface area contributed by atoms with Gasteiger partial charge in [0.25, 0.3) is 5.91 Å². The lowest BCUT2D eigenvalue weighted by Crippen LogP contribution is -2.48. The van der Waals surface area contributed by atoms with E-state index in [1.807, 2.05) is 12.1 Å². The van der Waals surface area contributed by atoms with Crippen molar-refractivity contribution in [1.29, 1.82) is 0 Å². The van der Waals surface area contributed by atoms with Gasteiger partial charge < -0.3 is 15.1 Å².